The van der Waals surface area contributed by atoms with Crippen LogP contribution in [-0.2, 0) is 17.8 Å². The van der Waals surface area contributed by atoms with E-state index >= 15 is 0 Å². The van der Waals surface area contributed by atoms with Crippen LogP contribution in [0.2, 0.25) is 0 Å². The number of benzene rings is 1. The van der Waals surface area contributed by atoms with Crippen LogP contribution in [0.1, 0.15) is 28.1 Å². The molecule has 0 radical (unpaired) electrons. The molecule has 6 nitrogen and oxygen atoms in total. The van der Waals surface area contributed by atoms with Crippen LogP contribution in [0, 0.1) is 0 Å². The van der Waals surface area contributed by atoms with E-state index in [1.165, 1.54) is 6.26 Å². The van der Waals surface area contributed by atoms with Crippen LogP contribution >= 0.6 is 0 Å². The summed E-state index contributed by atoms with van der Waals surface area (Å²) in [5.41, 5.74) is 4.42. The number of carbonyl (C=O) groups excluding carboxylic acids is 2. The average molecular weight is 285 g/mol. The second-order valence-corrected chi connectivity index (χ2v) is 4.88. The van der Waals surface area contributed by atoms with Gasteiger partial charge in [0.1, 0.15) is 12.0 Å². The van der Waals surface area contributed by atoms with Gasteiger partial charge < -0.3 is 9.32 Å². The number of carbonyl (C=O) groups is 2. The van der Waals surface area contributed by atoms with Crippen LogP contribution in [0.3, 0.4) is 0 Å². The number of nitrogens with one attached hydrogen (secondary N) is 1. The number of nitrogens with two attached hydrogens (primary N) is 1. The Kier molecular flexibility index (Phi) is 3.45. The Balaban J connectivity index is 1.86. The summed E-state index contributed by atoms with van der Waals surface area (Å²) in [6.45, 7) is 0.299. The minimum absolute atomic E-state index is 0.0509. The van der Waals surface area contributed by atoms with Crippen molar-refractivity contribution in [3.8, 4) is 0 Å². The fraction of sp³-hybridized carbons (Fsp3) is 0.200. The number of nitrogen functional groups attached to an aromatic ring is 1. The van der Waals surface area contributed by atoms with E-state index in [0.29, 0.717) is 24.3 Å². The van der Waals surface area contributed by atoms with Crippen molar-refractivity contribution in [3.05, 3.63) is 53.5 Å². The zero-order chi connectivity index (χ0) is 14.8. The van der Waals surface area contributed by atoms with Crippen LogP contribution in [-0.4, -0.2) is 11.8 Å². The highest BCUT2D eigenvalue weighted by Crippen LogP contribution is 2.29. The van der Waals surface area contributed by atoms with Crippen molar-refractivity contribution in [3.63, 3.8) is 0 Å². The molecule has 3 N–H and O–H groups in total. The molecule has 1 aliphatic heterocycles. The number of hydrazine groups is 1. The van der Waals surface area contributed by atoms with Gasteiger partial charge in [-0.05, 0) is 24.1 Å². The maximum absolute atomic E-state index is 12.1. The van der Waals surface area contributed by atoms with Crippen LogP contribution < -0.4 is 16.2 Å². The van der Waals surface area contributed by atoms with Crippen LogP contribution in [0.15, 0.2) is 41.0 Å². The number of nitrogens with zero attached hydrogens (tertiary/aromatic N) is 1. The molecule has 1 aromatic carbocycles. The SMILES string of the molecule is NNC(=O)c1coc(CN2C(=O)CCc3ccccc32)c1. The van der Waals surface area contributed by atoms with Gasteiger partial charge in [0.05, 0.1) is 12.1 Å². The fourth-order valence-electron chi connectivity index (χ4n) is 2.49. The van der Waals surface area contributed by atoms with Crippen molar-refractivity contribution in [2.45, 2.75) is 19.4 Å². The molecule has 2 aromatic rings. The standard InChI is InChI=1S/C15H15N3O3/c16-17-15(20)11-7-12(21-9-11)8-18-13-4-2-1-3-10(13)5-6-14(18)19/h1-4,7,9H,5-6,8,16H2,(H,17,20). The van der Waals surface area contributed by atoms with Gasteiger partial charge in [-0.25, -0.2) is 5.84 Å². The zero-order valence-corrected chi connectivity index (χ0v) is 11.3. The van der Waals surface area contributed by atoms with Crippen molar-refractivity contribution in [2.24, 2.45) is 5.84 Å². The maximum atomic E-state index is 12.1. The molecule has 2 amide bonds. The first-order valence-corrected chi connectivity index (χ1v) is 6.65. The molecule has 0 spiro atoms. The van der Waals surface area contributed by atoms with Crippen LogP contribution in [0.25, 0.3) is 0 Å². The lowest BCUT2D eigenvalue weighted by molar-refractivity contribution is -0.119. The van der Waals surface area contributed by atoms with E-state index in [9.17, 15) is 9.59 Å². The molecule has 6 heteroatoms. The molecule has 0 fully saturated rings. The zero-order valence-electron chi connectivity index (χ0n) is 11.3. The van der Waals surface area contributed by atoms with Crippen molar-refractivity contribution < 1.29 is 14.0 Å². The molecule has 108 valence electrons. The predicted molar refractivity (Wildman–Crippen MR) is 76.3 cm³/mol. The number of amides is 2. The Bertz CT molecular complexity index is 693. The third kappa shape index (κ3) is 2.53. The first kappa shape index (κ1) is 13.4. The third-order valence-electron chi connectivity index (χ3n) is 3.55. The van der Waals surface area contributed by atoms with E-state index in [1.54, 1.807) is 11.0 Å². The van der Waals surface area contributed by atoms with Gasteiger partial charge in [-0.15, -0.1) is 0 Å². The summed E-state index contributed by atoms with van der Waals surface area (Å²) in [6.07, 6.45) is 2.57. The van der Waals surface area contributed by atoms with E-state index in [-0.39, 0.29) is 5.91 Å². The molecular weight excluding hydrogens is 270 g/mol. The van der Waals surface area contributed by atoms with Crippen molar-refractivity contribution >= 4 is 17.5 Å². The van der Waals surface area contributed by atoms with Gasteiger partial charge in [0, 0.05) is 12.1 Å². The van der Waals surface area contributed by atoms with Crippen molar-refractivity contribution in [1.29, 1.82) is 0 Å². The summed E-state index contributed by atoms with van der Waals surface area (Å²) in [5.74, 6) is 5.25. The summed E-state index contributed by atoms with van der Waals surface area (Å²) in [5, 5.41) is 0. The molecule has 0 unspecified atom stereocenters. The normalized spacial score (nSPS) is 14.0. The highest BCUT2D eigenvalue weighted by Gasteiger charge is 2.25. The molecule has 21 heavy (non-hydrogen) atoms. The average Bonchev–Trinajstić information content (AvgIpc) is 2.98. The number of aryl methyl sites for hydroxylation is 1. The number of hydrogen-bond acceptors (Lipinski definition) is 4. The Hall–Kier alpha value is -2.60. The highest BCUT2D eigenvalue weighted by atomic mass is 16.3. The smallest absolute Gasteiger partial charge is 0.268 e. The summed E-state index contributed by atoms with van der Waals surface area (Å²) < 4.78 is 5.34. The predicted octanol–water partition coefficient (Wildman–Crippen LogP) is 1.36. The Morgan fingerprint density at radius 3 is 2.95 bits per heavy atom. The molecule has 0 atom stereocenters. The molecular formula is C15H15N3O3. The topological polar surface area (TPSA) is 88.6 Å². The van der Waals surface area contributed by atoms with E-state index in [0.717, 1.165) is 17.7 Å². The quantitative estimate of drug-likeness (QED) is 0.506. The number of fused-ring (bicyclic) bond motifs is 1. The first-order chi connectivity index (χ1) is 10.2. The molecule has 1 aromatic heterocycles. The lowest BCUT2D eigenvalue weighted by atomic mass is 10.0. The lowest BCUT2D eigenvalue weighted by Crippen LogP contribution is -2.34. The third-order valence-corrected chi connectivity index (χ3v) is 3.55. The summed E-state index contributed by atoms with van der Waals surface area (Å²) in [6, 6.07) is 9.39. The van der Waals surface area contributed by atoms with Gasteiger partial charge in [0.15, 0.2) is 0 Å². The van der Waals surface area contributed by atoms with Gasteiger partial charge >= 0.3 is 0 Å². The second-order valence-electron chi connectivity index (χ2n) is 4.88. The summed E-state index contributed by atoms with van der Waals surface area (Å²) in [4.78, 5) is 25.2. The fourth-order valence-corrected chi connectivity index (χ4v) is 2.49. The van der Waals surface area contributed by atoms with Gasteiger partial charge in [-0.1, -0.05) is 18.2 Å². The number of anilines is 1. The number of furan rings is 1. The van der Waals surface area contributed by atoms with Crippen LogP contribution in [0.5, 0.6) is 0 Å². The monoisotopic (exact) mass is 285 g/mol. The van der Waals surface area contributed by atoms with Gasteiger partial charge in [0.25, 0.3) is 5.91 Å². The van der Waals surface area contributed by atoms with Crippen molar-refractivity contribution in [2.75, 3.05) is 4.90 Å². The number of rotatable bonds is 3. The maximum Gasteiger partial charge on any atom is 0.268 e. The molecule has 0 saturated carbocycles. The summed E-state index contributed by atoms with van der Waals surface area (Å²) in [7, 11) is 0. The molecule has 0 saturated heterocycles. The van der Waals surface area contributed by atoms with E-state index in [2.05, 4.69) is 0 Å². The van der Waals surface area contributed by atoms with Gasteiger partial charge in [0.2, 0.25) is 5.91 Å². The molecule has 1 aliphatic rings. The molecule has 3 rings (SSSR count). The Labute approximate surface area is 121 Å². The second kappa shape index (κ2) is 5.41. The largest absolute Gasteiger partial charge is 0.467 e. The van der Waals surface area contributed by atoms with Crippen molar-refractivity contribution in [1.82, 2.24) is 5.43 Å². The minimum atomic E-state index is -0.421. The first-order valence-electron chi connectivity index (χ1n) is 6.65. The molecule has 0 bridgehead atoms. The Morgan fingerprint density at radius 2 is 2.14 bits per heavy atom. The highest BCUT2D eigenvalue weighted by molar-refractivity contribution is 5.96. The van der Waals surface area contributed by atoms with Gasteiger partial charge in [-0.3, -0.25) is 15.0 Å². The number of hydrogen-bond donors (Lipinski definition) is 2. The lowest BCUT2D eigenvalue weighted by Gasteiger charge is -2.28. The minimum Gasteiger partial charge on any atom is -0.467 e. The Morgan fingerprint density at radius 1 is 1.33 bits per heavy atom. The van der Waals surface area contributed by atoms with E-state index < -0.39 is 5.91 Å². The van der Waals surface area contributed by atoms with E-state index in [1.807, 2.05) is 29.7 Å². The number of para-hydroxylation sites is 1. The molecule has 0 aliphatic carbocycles. The van der Waals surface area contributed by atoms with Crippen LogP contribution in [0.4, 0.5) is 5.69 Å². The molecule has 2 heterocycles. The van der Waals surface area contributed by atoms with Gasteiger partial charge in [-0.2, -0.15) is 0 Å². The summed E-state index contributed by atoms with van der Waals surface area (Å²) >= 11 is 0. The van der Waals surface area contributed by atoms with E-state index in [4.69, 9.17) is 10.3 Å².